The summed E-state index contributed by atoms with van der Waals surface area (Å²) in [5, 5.41) is 13.9. The number of nitrogens with one attached hydrogen (secondary N) is 1. The minimum absolute atomic E-state index is 0.0916. The molecule has 0 spiro atoms. The Kier molecular flexibility index (Phi) is 4.77. The van der Waals surface area contributed by atoms with Crippen molar-refractivity contribution < 1.29 is 19.4 Å². The van der Waals surface area contributed by atoms with E-state index in [0.717, 1.165) is 0 Å². The monoisotopic (exact) mass is 326 g/mol. The predicted molar refractivity (Wildman–Crippen MR) is 79.2 cm³/mol. The summed E-state index contributed by atoms with van der Waals surface area (Å²) in [5.74, 6) is -0.872. The fourth-order valence-corrected chi connectivity index (χ4v) is 2.46. The lowest BCUT2D eigenvalue weighted by molar-refractivity contribution is -0.114. The minimum Gasteiger partial charge on any atom is -0.486 e. The smallest absolute Gasteiger partial charge is 0.335 e. The number of halogens is 1. The van der Waals surface area contributed by atoms with E-state index in [1.807, 2.05) is 0 Å². The van der Waals surface area contributed by atoms with Gasteiger partial charge in [-0.2, -0.15) is 0 Å². The van der Waals surface area contributed by atoms with E-state index in [9.17, 15) is 9.59 Å². The Morgan fingerprint density at radius 3 is 2.86 bits per heavy atom. The van der Waals surface area contributed by atoms with Crippen LogP contribution in [0, 0.1) is 0 Å². The van der Waals surface area contributed by atoms with Gasteiger partial charge in [-0.3, -0.25) is 4.79 Å². The Bertz CT molecular complexity index is 687. The van der Waals surface area contributed by atoms with Crippen molar-refractivity contribution in [2.75, 3.05) is 5.32 Å². The van der Waals surface area contributed by atoms with Crippen molar-refractivity contribution in [3.63, 3.8) is 0 Å². The number of carboxylic acids is 1. The number of carboxylic acid groups (broad SMARTS) is 1. The number of hydrogen-bond acceptors (Lipinski definition) is 5. The number of thiazole rings is 1. The molecule has 6 nitrogen and oxygen atoms in total. The number of rotatable bonds is 5. The molecule has 0 saturated heterocycles. The predicted octanol–water partition coefficient (Wildman–Crippen LogP) is 3.03. The number of ether oxygens (including phenoxy) is 1. The summed E-state index contributed by atoms with van der Waals surface area (Å²) < 4.78 is 5.48. The summed E-state index contributed by atoms with van der Waals surface area (Å²) >= 11 is 7.24. The third-order valence-corrected chi connectivity index (χ3v) is 3.49. The van der Waals surface area contributed by atoms with Gasteiger partial charge in [-0.05, 0) is 18.2 Å². The summed E-state index contributed by atoms with van der Waals surface area (Å²) in [6.07, 6.45) is 0. The largest absolute Gasteiger partial charge is 0.486 e. The Morgan fingerprint density at radius 2 is 2.24 bits per heavy atom. The summed E-state index contributed by atoms with van der Waals surface area (Å²) in [6.45, 7) is 1.57. The van der Waals surface area contributed by atoms with Crippen LogP contribution in [0.4, 0.5) is 5.13 Å². The molecule has 1 aromatic carbocycles. The standard InChI is InChI=1S/C13H11ClN2O4S/c1-7(17)15-13-16-9(6-21-13)5-20-11-3-2-8(12(18)19)4-10(11)14/h2-4,6H,5H2,1H3,(H,18,19)(H,15,16,17). The number of anilines is 1. The molecule has 0 fully saturated rings. The van der Waals surface area contributed by atoms with Gasteiger partial charge in [-0.1, -0.05) is 11.6 Å². The second kappa shape index (κ2) is 6.55. The average Bonchev–Trinajstić information content (AvgIpc) is 2.83. The van der Waals surface area contributed by atoms with Crippen LogP contribution in [0.2, 0.25) is 5.02 Å². The lowest BCUT2D eigenvalue weighted by Crippen LogP contribution is -2.05. The van der Waals surface area contributed by atoms with Crippen LogP contribution in [-0.2, 0) is 11.4 Å². The maximum absolute atomic E-state index is 10.9. The van der Waals surface area contributed by atoms with Crippen molar-refractivity contribution in [1.82, 2.24) is 4.98 Å². The van der Waals surface area contributed by atoms with E-state index >= 15 is 0 Å². The molecule has 2 rings (SSSR count). The Morgan fingerprint density at radius 1 is 1.48 bits per heavy atom. The van der Waals surface area contributed by atoms with Crippen LogP contribution in [0.15, 0.2) is 23.6 Å². The lowest BCUT2D eigenvalue weighted by Gasteiger charge is -2.07. The first-order valence-electron chi connectivity index (χ1n) is 5.83. The highest BCUT2D eigenvalue weighted by molar-refractivity contribution is 7.13. The zero-order valence-corrected chi connectivity index (χ0v) is 12.5. The molecule has 0 saturated carbocycles. The zero-order chi connectivity index (χ0) is 15.4. The molecule has 2 N–H and O–H groups in total. The van der Waals surface area contributed by atoms with Crippen LogP contribution in [-0.4, -0.2) is 22.0 Å². The van der Waals surface area contributed by atoms with Crippen molar-refractivity contribution in [2.45, 2.75) is 13.5 Å². The molecule has 0 aliphatic heterocycles. The summed E-state index contributed by atoms with van der Waals surface area (Å²) in [4.78, 5) is 25.8. The fraction of sp³-hybridized carbons (Fsp3) is 0.154. The number of carbonyl (C=O) groups excluding carboxylic acids is 1. The molecule has 0 unspecified atom stereocenters. The summed E-state index contributed by atoms with van der Waals surface area (Å²) in [5.41, 5.74) is 0.732. The summed E-state index contributed by atoms with van der Waals surface area (Å²) in [7, 11) is 0. The van der Waals surface area contributed by atoms with Gasteiger partial charge in [0.05, 0.1) is 16.3 Å². The molecule has 8 heteroatoms. The van der Waals surface area contributed by atoms with E-state index in [1.165, 1.54) is 36.5 Å². The van der Waals surface area contributed by atoms with Gasteiger partial charge in [0.15, 0.2) is 5.13 Å². The van der Waals surface area contributed by atoms with Crippen LogP contribution in [0.1, 0.15) is 23.0 Å². The molecule has 2 aromatic rings. The zero-order valence-electron chi connectivity index (χ0n) is 10.9. The molecule has 0 radical (unpaired) electrons. The highest BCUT2D eigenvalue weighted by Gasteiger charge is 2.09. The van der Waals surface area contributed by atoms with Gasteiger partial charge >= 0.3 is 5.97 Å². The first-order valence-corrected chi connectivity index (χ1v) is 7.09. The van der Waals surface area contributed by atoms with Crippen LogP contribution < -0.4 is 10.1 Å². The molecule has 0 aliphatic carbocycles. The molecule has 21 heavy (non-hydrogen) atoms. The SMILES string of the molecule is CC(=O)Nc1nc(COc2ccc(C(=O)O)cc2Cl)cs1. The number of amides is 1. The normalized spacial score (nSPS) is 10.2. The third kappa shape index (κ3) is 4.17. The average molecular weight is 327 g/mol. The molecule has 1 heterocycles. The molecule has 1 amide bonds. The molecule has 110 valence electrons. The number of hydrogen-bond donors (Lipinski definition) is 2. The van der Waals surface area contributed by atoms with Crippen LogP contribution in [0.5, 0.6) is 5.75 Å². The quantitative estimate of drug-likeness (QED) is 0.881. The van der Waals surface area contributed by atoms with Gasteiger partial charge < -0.3 is 15.2 Å². The van der Waals surface area contributed by atoms with E-state index in [4.69, 9.17) is 21.4 Å². The van der Waals surface area contributed by atoms with E-state index < -0.39 is 5.97 Å². The number of aromatic carboxylic acids is 1. The maximum Gasteiger partial charge on any atom is 0.335 e. The van der Waals surface area contributed by atoms with Gasteiger partial charge in [-0.15, -0.1) is 11.3 Å². The number of aromatic nitrogens is 1. The van der Waals surface area contributed by atoms with Crippen molar-refractivity contribution in [2.24, 2.45) is 0 Å². The van der Waals surface area contributed by atoms with Gasteiger partial charge in [-0.25, -0.2) is 9.78 Å². The van der Waals surface area contributed by atoms with Crippen molar-refractivity contribution in [3.05, 3.63) is 39.9 Å². The van der Waals surface area contributed by atoms with Gasteiger partial charge in [0.2, 0.25) is 5.91 Å². The van der Waals surface area contributed by atoms with Crippen LogP contribution >= 0.6 is 22.9 Å². The Balaban J connectivity index is 2.01. The number of benzene rings is 1. The highest BCUT2D eigenvalue weighted by Crippen LogP contribution is 2.26. The van der Waals surface area contributed by atoms with E-state index in [0.29, 0.717) is 16.6 Å². The van der Waals surface area contributed by atoms with Crippen molar-refractivity contribution in [1.29, 1.82) is 0 Å². The van der Waals surface area contributed by atoms with Gasteiger partial charge in [0.1, 0.15) is 12.4 Å². The second-order valence-corrected chi connectivity index (χ2v) is 5.33. The summed E-state index contributed by atoms with van der Waals surface area (Å²) in [6, 6.07) is 4.23. The molecule has 0 atom stereocenters. The van der Waals surface area contributed by atoms with E-state index in [-0.39, 0.29) is 23.1 Å². The lowest BCUT2D eigenvalue weighted by atomic mass is 10.2. The Labute approximate surface area is 129 Å². The molecular formula is C13H11ClN2O4S. The maximum atomic E-state index is 10.9. The molecule has 1 aromatic heterocycles. The van der Waals surface area contributed by atoms with Crippen LogP contribution in [0.25, 0.3) is 0 Å². The third-order valence-electron chi connectivity index (χ3n) is 2.39. The first kappa shape index (κ1) is 15.3. The Hall–Kier alpha value is -2.12. The van der Waals surface area contributed by atoms with Crippen molar-refractivity contribution in [3.8, 4) is 5.75 Å². The molecule has 0 bridgehead atoms. The topological polar surface area (TPSA) is 88.5 Å². The molecular weight excluding hydrogens is 316 g/mol. The molecule has 0 aliphatic rings. The number of nitrogens with zero attached hydrogens (tertiary/aromatic N) is 1. The highest BCUT2D eigenvalue weighted by atomic mass is 35.5. The van der Waals surface area contributed by atoms with E-state index in [1.54, 1.807) is 5.38 Å². The first-order chi connectivity index (χ1) is 9.95. The number of carbonyl (C=O) groups is 2. The van der Waals surface area contributed by atoms with Crippen molar-refractivity contribution >= 4 is 39.9 Å². The second-order valence-electron chi connectivity index (χ2n) is 4.06. The fourth-order valence-electron chi connectivity index (χ4n) is 1.48. The van der Waals surface area contributed by atoms with Gasteiger partial charge in [0.25, 0.3) is 0 Å². The van der Waals surface area contributed by atoms with Crippen LogP contribution in [0.3, 0.4) is 0 Å². The van der Waals surface area contributed by atoms with Gasteiger partial charge in [0, 0.05) is 12.3 Å². The van der Waals surface area contributed by atoms with E-state index in [2.05, 4.69) is 10.3 Å². The minimum atomic E-state index is -1.05.